The second-order valence-electron chi connectivity index (χ2n) is 5.45. The van der Waals surface area contributed by atoms with Crippen LogP contribution in [0.15, 0.2) is 83.3 Å². The van der Waals surface area contributed by atoms with Crippen LogP contribution in [-0.4, -0.2) is 0 Å². The van der Waals surface area contributed by atoms with Gasteiger partial charge in [0.1, 0.15) is 11.5 Å². The maximum atomic E-state index is 6.22. The highest BCUT2D eigenvalue weighted by Crippen LogP contribution is 2.43. The molecule has 0 N–H and O–H groups in total. The van der Waals surface area contributed by atoms with Crippen LogP contribution in [0, 0.1) is 6.92 Å². The highest BCUT2D eigenvalue weighted by molar-refractivity contribution is 5.92. The molecule has 4 rings (SSSR count). The van der Waals surface area contributed by atoms with Crippen LogP contribution in [0.2, 0.25) is 0 Å². The lowest BCUT2D eigenvalue weighted by molar-refractivity contribution is 0.535. The van der Waals surface area contributed by atoms with Crippen LogP contribution >= 0.6 is 0 Å². The van der Waals surface area contributed by atoms with Crippen LogP contribution in [0.1, 0.15) is 5.76 Å². The topological polar surface area (TPSA) is 13.1 Å². The molecule has 0 atom stereocenters. The van der Waals surface area contributed by atoms with Crippen molar-refractivity contribution < 1.29 is 4.42 Å². The molecule has 2 aliphatic rings. The minimum absolute atomic E-state index is 0.942. The van der Waals surface area contributed by atoms with Gasteiger partial charge in [0.05, 0.1) is 0 Å². The Morgan fingerprint density at radius 3 is 1.86 bits per heavy atom. The Bertz CT molecular complexity index is 873. The molecule has 0 bridgehead atoms. The number of rotatable bonds is 2. The summed E-state index contributed by atoms with van der Waals surface area (Å²) in [6.07, 6.45) is 0. The molecule has 0 unspecified atom stereocenters. The summed E-state index contributed by atoms with van der Waals surface area (Å²) < 4.78 is 6.22. The monoisotopic (exact) mass is 284 g/mol. The van der Waals surface area contributed by atoms with Gasteiger partial charge in [0.15, 0.2) is 0 Å². The fourth-order valence-electron chi connectivity index (χ4n) is 3.05. The fourth-order valence-corrected chi connectivity index (χ4v) is 3.05. The van der Waals surface area contributed by atoms with Gasteiger partial charge in [-0.05, 0) is 18.1 Å². The molecule has 0 radical (unpaired) electrons. The Labute approximate surface area is 130 Å². The van der Waals surface area contributed by atoms with Crippen molar-refractivity contribution in [3.05, 3.63) is 84.6 Å². The van der Waals surface area contributed by atoms with Crippen molar-refractivity contribution in [2.24, 2.45) is 0 Å². The quantitative estimate of drug-likeness (QED) is 0.438. The lowest BCUT2D eigenvalue weighted by Crippen LogP contribution is -1.92. The van der Waals surface area contributed by atoms with Crippen LogP contribution in [0.25, 0.3) is 33.6 Å². The van der Waals surface area contributed by atoms with Gasteiger partial charge in [-0.1, -0.05) is 78.9 Å². The van der Waals surface area contributed by atoms with Crippen molar-refractivity contribution in [1.29, 1.82) is 0 Å². The molecule has 1 nitrogen and oxygen atoms in total. The van der Waals surface area contributed by atoms with Crippen molar-refractivity contribution in [1.82, 2.24) is 0 Å². The summed E-state index contributed by atoms with van der Waals surface area (Å²) in [7, 11) is 0. The van der Waals surface area contributed by atoms with E-state index < -0.39 is 0 Å². The van der Waals surface area contributed by atoms with Crippen molar-refractivity contribution in [2.75, 3.05) is 0 Å². The predicted octanol–water partition coefficient (Wildman–Crippen LogP) is 6.03. The van der Waals surface area contributed by atoms with E-state index in [0.29, 0.717) is 0 Å². The summed E-state index contributed by atoms with van der Waals surface area (Å²) in [6.45, 7) is 2.04. The smallest absolute Gasteiger partial charge is 0.142 e. The molecular weight excluding hydrogens is 268 g/mol. The number of hydrogen-bond donors (Lipinski definition) is 0. The zero-order valence-corrected chi connectivity index (χ0v) is 12.4. The van der Waals surface area contributed by atoms with Gasteiger partial charge >= 0.3 is 0 Å². The molecule has 0 aromatic heterocycles. The predicted molar refractivity (Wildman–Crippen MR) is 90.9 cm³/mol. The first-order valence-electron chi connectivity index (χ1n) is 7.47. The van der Waals surface area contributed by atoms with E-state index in [1.165, 1.54) is 16.7 Å². The third kappa shape index (κ3) is 2.03. The van der Waals surface area contributed by atoms with Gasteiger partial charge < -0.3 is 4.42 Å². The Morgan fingerprint density at radius 2 is 1.18 bits per heavy atom. The highest BCUT2D eigenvalue weighted by atomic mass is 16.3. The molecule has 0 spiro atoms. The second kappa shape index (κ2) is 5.19. The van der Waals surface area contributed by atoms with Crippen LogP contribution < -0.4 is 0 Å². The maximum Gasteiger partial charge on any atom is 0.142 e. The summed E-state index contributed by atoms with van der Waals surface area (Å²) in [5.74, 6) is 1.89. The van der Waals surface area contributed by atoms with E-state index in [0.717, 1.165) is 22.6 Å². The van der Waals surface area contributed by atoms with E-state index in [9.17, 15) is 0 Å². The van der Waals surface area contributed by atoms with Crippen molar-refractivity contribution in [3.8, 4) is 33.6 Å². The molecule has 1 heteroatoms. The highest BCUT2D eigenvalue weighted by Gasteiger charge is 2.20. The van der Waals surface area contributed by atoms with Gasteiger partial charge in [-0.2, -0.15) is 0 Å². The molecular formula is C21H16O. The molecule has 1 aliphatic heterocycles. The summed E-state index contributed by atoms with van der Waals surface area (Å²) >= 11 is 0. The van der Waals surface area contributed by atoms with Gasteiger partial charge in [-0.15, -0.1) is 0 Å². The van der Waals surface area contributed by atoms with Gasteiger partial charge in [0.2, 0.25) is 0 Å². The zero-order chi connectivity index (χ0) is 14.9. The number of benzene rings is 2. The Kier molecular flexibility index (Phi) is 3.05. The van der Waals surface area contributed by atoms with E-state index in [4.69, 9.17) is 4.42 Å². The number of hydrogen-bond acceptors (Lipinski definition) is 1. The molecule has 1 heterocycles. The van der Waals surface area contributed by atoms with Crippen molar-refractivity contribution in [2.45, 2.75) is 6.92 Å². The van der Waals surface area contributed by atoms with Crippen molar-refractivity contribution >= 4 is 0 Å². The average Bonchev–Trinajstić information content (AvgIpc) is 3.05. The molecule has 1 aliphatic carbocycles. The molecule has 2 aromatic rings. The number of fused-ring (bicyclic) bond motifs is 1. The first-order chi connectivity index (χ1) is 10.8. The lowest BCUT2D eigenvalue weighted by Gasteiger charge is -2.16. The van der Waals surface area contributed by atoms with E-state index in [1.54, 1.807) is 0 Å². The minimum Gasteiger partial charge on any atom is -0.460 e. The Hall–Kier alpha value is -2.80. The van der Waals surface area contributed by atoms with E-state index >= 15 is 0 Å². The first-order valence-corrected chi connectivity index (χ1v) is 7.47. The molecule has 0 saturated heterocycles. The van der Waals surface area contributed by atoms with E-state index in [-0.39, 0.29) is 0 Å². The largest absolute Gasteiger partial charge is 0.460 e. The normalized spacial score (nSPS) is 11.0. The van der Waals surface area contributed by atoms with Crippen molar-refractivity contribution in [3.63, 3.8) is 0 Å². The molecule has 0 fully saturated rings. The van der Waals surface area contributed by atoms with Crippen LogP contribution in [0.5, 0.6) is 0 Å². The summed E-state index contributed by atoms with van der Waals surface area (Å²) in [6, 6.07) is 27.1. The number of aryl methyl sites for hydroxylation is 1. The van der Waals surface area contributed by atoms with E-state index in [1.807, 2.05) is 31.2 Å². The average molecular weight is 284 g/mol. The van der Waals surface area contributed by atoms with Gasteiger partial charge in [-0.3, -0.25) is 0 Å². The van der Waals surface area contributed by atoms with Gasteiger partial charge in [0, 0.05) is 16.7 Å². The third-order valence-corrected chi connectivity index (χ3v) is 4.04. The van der Waals surface area contributed by atoms with Gasteiger partial charge in [-0.25, -0.2) is 0 Å². The Balaban J connectivity index is 2.00. The van der Waals surface area contributed by atoms with Gasteiger partial charge in [0.25, 0.3) is 0 Å². The molecule has 2 aromatic carbocycles. The summed E-state index contributed by atoms with van der Waals surface area (Å²) in [4.78, 5) is 0. The van der Waals surface area contributed by atoms with Crippen LogP contribution in [0.4, 0.5) is 0 Å². The molecule has 0 saturated carbocycles. The van der Waals surface area contributed by atoms with Crippen LogP contribution in [-0.2, 0) is 0 Å². The van der Waals surface area contributed by atoms with Crippen LogP contribution in [0.3, 0.4) is 0 Å². The molecule has 22 heavy (non-hydrogen) atoms. The van der Waals surface area contributed by atoms with E-state index in [2.05, 4.69) is 54.6 Å². The lowest BCUT2D eigenvalue weighted by atomic mass is 9.94. The molecule has 0 amide bonds. The SMILES string of the molecule is Cc1oc(-c2ccccc2)c2cccc-2c1-c1ccccc1. The third-order valence-electron chi connectivity index (χ3n) is 4.04. The summed E-state index contributed by atoms with van der Waals surface area (Å²) in [5.41, 5.74) is 5.89. The Morgan fingerprint density at radius 1 is 0.591 bits per heavy atom. The zero-order valence-electron chi connectivity index (χ0n) is 12.4. The maximum absolute atomic E-state index is 6.22. The standard InChI is InChI=1S/C21H16O/c1-15-20(16-9-4-2-5-10-16)18-13-8-14-19(18)21(22-15)17-11-6-3-7-12-17/h2-14H,1H3. The summed E-state index contributed by atoms with van der Waals surface area (Å²) in [5, 5.41) is 0. The second-order valence-corrected chi connectivity index (χ2v) is 5.45. The molecule has 106 valence electrons. The first kappa shape index (κ1) is 12.9. The fraction of sp³-hybridized carbons (Fsp3) is 0.0476. The minimum atomic E-state index is 0.942.